The first-order chi connectivity index (χ1) is 33.9. The number of amides is 6. The smallest absolute Gasteiger partial charge is 0.262 e. The molecular weight excluding hydrogens is 892 g/mol. The van der Waals surface area contributed by atoms with Gasteiger partial charge in [-0.1, -0.05) is 13.0 Å². The summed E-state index contributed by atoms with van der Waals surface area (Å²) in [5.74, 6) is -0.377. The number of carbonyl (C=O) groups excluding carboxylic acids is 6. The van der Waals surface area contributed by atoms with Gasteiger partial charge in [0.25, 0.3) is 11.8 Å². The van der Waals surface area contributed by atoms with E-state index in [0.29, 0.717) is 48.5 Å². The molecule has 16 heteroatoms. The van der Waals surface area contributed by atoms with Crippen LogP contribution in [0.2, 0.25) is 0 Å². The van der Waals surface area contributed by atoms with Gasteiger partial charge in [-0.15, -0.1) is 0 Å². The van der Waals surface area contributed by atoms with Crippen LogP contribution in [0.25, 0.3) is 10.9 Å². The molecular formula is C54H63FN8O7. The largest absolute Gasteiger partial charge is 0.490 e. The maximum Gasteiger partial charge on any atom is 0.262 e. The molecule has 1 aliphatic carbocycles. The molecule has 0 spiro atoms. The molecule has 3 aromatic carbocycles. The highest BCUT2D eigenvalue weighted by Gasteiger charge is 2.45. The SMILES string of the molecule is C[C@@H](C(=O)Nc1cccc(OC2CCN(C(=O)CN3CCC(CN4CCN(c5ccc6c(c5)C(=O)N(C5CCC(=O)NC5=O)C6=O)CC4)CC3)CC2)c1)C1CCC(c2ccnc3ccc(F)cc23)CC1. The molecule has 0 radical (unpaired) electrons. The molecule has 4 aromatic rings. The predicted molar refractivity (Wildman–Crippen MR) is 262 cm³/mol. The van der Waals surface area contributed by atoms with Gasteiger partial charge in [-0.3, -0.25) is 53.8 Å². The molecule has 10 rings (SSSR count). The number of likely N-dealkylation sites (tertiary alicyclic amines) is 2. The normalized spacial score (nSPS) is 23.6. The van der Waals surface area contributed by atoms with E-state index in [9.17, 15) is 33.2 Å². The van der Waals surface area contributed by atoms with Gasteiger partial charge in [0.1, 0.15) is 23.7 Å². The molecule has 15 nitrogen and oxygen atoms in total. The number of benzene rings is 3. The van der Waals surface area contributed by atoms with Gasteiger partial charge in [0.2, 0.25) is 23.6 Å². The number of nitrogens with zero attached hydrogens (tertiary/aromatic N) is 6. The Morgan fingerprint density at radius 3 is 2.30 bits per heavy atom. The van der Waals surface area contributed by atoms with Crippen LogP contribution in [0.15, 0.2) is 72.9 Å². The zero-order valence-corrected chi connectivity index (χ0v) is 40.0. The number of rotatable bonds is 12. The standard InChI is InChI=1S/C54H63FN8O7/c1-34(36-5-7-37(8-6-36)43-15-20-56-47-12-9-38(55)29-45(43)47)51(66)57-39-3-2-4-42(30-39)70-41-18-23-62(24-19-41)50(65)33-59-21-16-35(17-22-59)32-60-25-27-61(28-26-60)40-10-11-44-46(31-40)54(69)63(53(44)68)48-13-14-49(64)58-52(48)67/h2-4,9-12,15,20,29-31,34-37,41,48H,5-8,13-14,16-19,21-28,32-33H2,1H3,(H,57,66)(H,58,64,67)/t34-,36?,37?,48?/m1/s1. The number of nitrogens with one attached hydrogen (secondary N) is 2. The zero-order chi connectivity index (χ0) is 48.5. The van der Waals surface area contributed by atoms with E-state index in [1.165, 1.54) is 6.07 Å². The molecule has 6 heterocycles. The third kappa shape index (κ3) is 10.3. The van der Waals surface area contributed by atoms with Crippen LogP contribution in [0.4, 0.5) is 15.8 Å². The van der Waals surface area contributed by atoms with Gasteiger partial charge in [-0.05, 0) is 136 Å². The highest BCUT2D eigenvalue weighted by Crippen LogP contribution is 2.41. The predicted octanol–water partition coefficient (Wildman–Crippen LogP) is 6.23. The fraction of sp³-hybridized carbons (Fsp3) is 0.500. The van der Waals surface area contributed by atoms with E-state index in [-0.39, 0.29) is 54.0 Å². The minimum atomic E-state index is -0.980. The average Bonchev–Trinajstić information content (AvgIpc) is 3.62. The van der Waals surface area contributed by atoms with Gasteiger partial charge in [0.15, 0.2) is 0 Å². The van der Waals surface area contributed by atoms with Gasteiger partial charge in [-0.25, -0.2) is 4.39 Å². The fourth-order valence-corrected chi connectivity index (χ4v) is 11.8. The van der Waals surface area contributed by atoms with Crippen LogP contribution in [-0.2, 0) is 19.2 Å². The zero-order valence-electron chi connectivity index (χ0n) is 40.0. The summed E-state index contributed by atoms with van der Waals surface area (Å²) in [6.45, 7) is 9.89. The number of fused-ring (bicyclic) bond motifs is 2. The lowest BCUT2D eigenvalue weighted by molar-refractivity contribution is -0.136. The number of pyridine rings is 1. The molecule has 1 aromatic heterocycles. The van der Waals surface area contributed by atoms with Crippen LogP contribution in [0, 0.1) is 23.6 Å². The summed E-state index contributed by atoms with van der Waals surface area (Å²) in [6.07, 6.45) is 9.34. The van der Waals surface area contributed by atoms with Crippen LogP contribution in [0.3, 0.4) is 0 Å². The number of ether oxygens (including phenoxy) is 1. The summed E-state index contributed by atoms with van der Waals surface area (Å²) < 4.78 is 20.5. The molecule has 5 fully saturated rings. The molecule has 70 heavy (non-hydrogen) atoms. The Hall–Kier alpha value is -6.26. The minimum absolute atomic E-state index is 0.00179. The number of aromatic nitrogens is 1. The third-order valence-corrected chi connectivity index (χ3v) is 16.0. The van der Waals surface area contributed by atoms with Crippen LogP contribution in [0.1, 0.15) is 103 Å². The molecule has 4 saturated heterocycles. The number of carbonyl (C=O) groups is 6. The maximum atomic E-state index is 14.1. The Bertz CT molecular complexity index is 2650. The van der Waals surface area contributed by atoms with Crippen molar-refractivity contribution in [2.45, 2.75) is 89.2 Å². The van der Waals surface area contributed by atoms with Crippen molar-refractivity contribution in [1.82, 2.24) is 29.9 Å². The number of imide groups is 2. The second kappa shape index (κ2) is 20.6. The van der Waals surface area contributed by atoms with Gasteiger partial charge >= 0.3 is 0 Å². The summed E-state index contributed by atoms with van der Waals surface area (Å²) in [6, 6.07) is 18.7. The average molecular weight is 955 g/mol. The Morgan fingerprint density at radius 1 is 0.786 bits per heavy atom. The summed E-state index contributed by atoms with van der Waals surface area (Å²) in [4.78, 5) is 92.0. The van der Waals surface area contributed by atoms with Crippen molar-refractivity contribution in [3.8, 4) is 5.75 Å². The first-order valence-electron chi connectivity index (χ1n) is 25.4. The van der Waals surface area contributed by atoms with E-state index in [2.05, 4.69) is 30.3 Å². The number of hydrogen-bond donors (Lipinski definition) is 2. The summed E-state index contributed by atoms with van der Waals surface area (Å²) in [5.41, 5.74) is 4.13. The second-order valence-corrected chi connectivity index (χ2v) is 20.4. The number of anilines is 2. The molecule has 2 atom stereocenters. The van der Waals surface area contributed by atoms with Crippen molar-refractivity contribution >= 4 is 57.7 Å². The van der Waals surface area contributed by atoms with Crippen LogP contribution < -0.4 is 20.3 Å². The molecule has 368 valence electrons. The van der Waals surface area contributed by atoms with Crippen molar-refractivity contribution < 1.29 is 37.9 Å². The fourth-order valence-electron chi connectivity index (χ4n) is 11.8. The van der Waals surface area contributed by atoms with Gasteiger partial charge in [-0.2, -0.15) is 0 Å². The summed E-state index contributed by atoms with van der Waals surface area (Å²) >= 11 is 0. The van der Waals surface area contributed by atoms with Crippen molar-refractivity contribution in [3.63, 3.8) is 0 Å². The van der Waals surface area contributed by atoms with Crippen molar-refractivity contribution in [3.05, 3.63) is 95.4 Å². The Labute approximate surface area is 408 Å². The quantitative estimate of drug-likeness (QED) is 0.155. The van der Waals surface area contributed by atoms with E-state index < -0.39 is 29.7 Å². The third-order valence-electron chi connectivity index (χ3n) is 16.0. The monoisotopic (exact) mass is 954 g/mol. The minimum Gasteiger partial charge on any atom is -0.490 e. The van der Waals surface area contributed by atoms with Crippen LogP contribution in [0.5, 0.6) is 5.75 Å². The topological polar surface area (TPSA) is 165 Å². The second-order valence-electron chi connectivity index (χ2n) is 20.4. The van der Waals surface area contributed by atoms with E-state index in [1.54, 1.807) is 24.3 Å². The van der Waals surface area contributed by atoms with Gasteiger partial charge in [0, 0.05) is 100 Å². The molecule has 2 N–H and O–H groups in total. The lowest BCUT2D eigenvalue weighted by Crippen LogP contribution is -2.54. The van der Waals surface area contributed by atoms with E-state index >= 15 is 0 Å². The van der Waals surface area contributed by atoms with Gasteiger partial charge in [0.05, 0.1) is 23.2 Å². The van der Waals surface area contributed by atoms with Crippen molar-refractivity contribution in [1.29, 1.82) is 0 Å². The Balaban J connectivity index is 0.614. The van der Waals surface area contributed by atoms with Gasteiger partial charge < -0.3 is 19.9 Å². The van der Waals surface area contributed by atoms with E-state index in [0.717, 1.165) is 124 Å². The number of hydrogen-bond acceptors (Lipinski definition) is 11. The lowest BCUT2D eigenvalue weighted by Gasteiger charge is -2.40. The molecule has 6 amide bonds. The van der Waals surface area contributed by atoms with Crippen molar-refractivity contribution in [2.24, 2.45) is 17.8 Å². The highest BCUT2D eigenvalue weighted by atomic mass is 19.1. The summed E-state index contributed by atoms with van der Waals surface area (Å²) in [5, 5.41) is 6.26. The molecule has 1 saturated carbocycles. The van der Waals surface area contributed by atoms with E-state index in [1.807, 2.05) is 54.4 Å². The van der Waals surface area contributed by atoms with Crippen LogP contribution in [-0.4, -0.2) is 138 Å². The molecule has 1 unspecified atom stereocenters. The lowest BCUT2D eigenvalue weighted by atomic mass is 9.73. The Kier molecular flexibility index (Phi) is 14.0. The first-order valence-corrected chi connectivity index (χ1v) is 25.4. The van der Waals surface area contributed by atoms with Crippen molar-refractivity contribution in [2.75, 3.05) is 75.7 Å². The molecule has 6 aliphatic rings. The number of piperazine rings is 1. The number of halogens is 1. The number of piperidine rings is 3. The Morgan fingerprint density at radius 2 is 1.54 bits per heavy atom. The molecule has 5 aliphatic heterocycles. The summed E-state index contributed by atoms with van der Waals surface area (Å²) in [7, 11) is 0. The first kappa shape index (κ1) is 47.4. The molecule has 0 bridgehead atoms. The maximum absolute atomic E-state index is 14.1. The van der Waals surface area contributed by atoms with Crippen LogP contribution >= 0.6 is 0 Å². The van der Waals surface area contributed by atoms with E-state index in [4.69, 9.17) is 4.74 Å². The highest BCUT2D eigenvalue weighted by molar-refractivity contribution is 6.23.